The fourth-order valence-corrected chi connectivity index (χ4v) is 4.20. The Kier molecular flexibility index (Phi) is 4.27. The van der Waals surface area contributed by atoms with E-state index in [9.17, 15) is 10.2 Å². The van der Waals surface area contributed by atoms with Gasteiger partial charge in [0.1, 0.15) is 11.4 Å². The van der Waals surface area contributed by atoms with Crippen molar-refractivity contribution in [2.24, 2.45) is 0 Å². The number of nitrogens with zero attached hydrogens (tertiary/aromatic N) is 3. The fraction of sp³-hybridized carbons (Fsp3) is 0.389. The number of hydrogen-bond donors (Lipinski definition) is 3. The van der Waals surface area contributed by atoms with Crippen LogP contribution in [0.25, 0.3) is 21.3 Å². The van der Waals surface area contributed by atoms with Crippen molar-refractivity contribution < 1.29 is 10.2 Å². The van der Waals surface area contributed by atoms with Gasteiger partial charge >= 0.3 is 0 Å². The number of aliphatic hydroxyl groups excluding tert-OH is 1. The number of aryl methyl sites for hydroxylation is 1. The van der Waals surface area contributed by atoms with E-state index in [0.717, 1.165) is 29.3 Å². The number of rotatable bonds is 3. The molecule has 6 nitrogen and oxygen atoms in total. The molecule has 2 aromatic heterocycles. The molecule has 0 bridgehead atoms. The van der Waals surface area contributed by atoms with Crippen molar-refractivity contribution >= 4 is 27.4 Å². The van der Waals surface area contributed by atoms with E-state index in [4.69, 9.17) is 0 Å². The zero-order valence-electron chi connectivity index (χ0n) is 13.9. The van der Waals surface area contributed by atoms with Crippen LogP contribution in [0.1, 0.15) is 31.4 Å². The number of aromatic hydroxyl groups is 1. The van der Waals surface area contributed by atoms with E-state index >= 15 is 0 Å². The number of aromatic nitrogens is 3. The minimum Gasteiger partial charge on any atom is -0.507 e. The van der Waals surface area contributed by atoms with Gasteiger partial charge in [-0.25, -0.2) is 4.98 Å². The minimum atomic E-state index is -0.256. The summed E-state index contributed by atoms with van der Waals surface area (Å²) in [5.41, 5.74) is 1.93. The molecule has 0 unspecified atom stereocenters. The highest BCUT2D eigenvalue weighted by Gasteiger charge is 2.21. The van der Waals surface area contributed by atoms with Crippen molar-refractivity contribution in [2.45, 2.75) is 44.8 Å². The van der Waals surface area contributed by atoms with Crippen LogP contribution in [-0.2, 0) is 0 Å². The van der Waals surface area contributed by atoms with Gasteiger partial charge < -0.3 is 15.5 Å². The first kappa shape index (κ1) is 16.2. The van der Waals surface area contributed by atoms with Gasteiger partial charge in [0.15, 0.2) is 0 Å². The molecule has 1 aromatic carbocycles. The van der Waals surface area contributed by atoms with Crippen LogP contribution in [-0.4, -0.2) is 37.5 Å². The van der Waals surface area contributed by atoms with Gasteiger partial charge in [0.05, 0.1) is 11.8 Å². The smallest absolute Gasteiger partial charge is 0.243 e. The number of fused-ring (bicyclic) bond motifs is 1. The van der Waals surface area contributed by atoms with E-state index in [1.54, 1.807) is 11.3 Å². The summed E-state index contributed by atoms with van der Waals surface area (Å²) in [6.45, 7) is 1.86. The van der Waals surface area contributed by atoms with Gasteiger partial charge in [0, 0.05) is 21.7 Å². The highest BCUT2D eigenvalue weighted by atomic mass is 32.1. The zero-order valence-corrected chi connectivity index (χ0v) is 14.8. The Hall–Kier alpha value is -2.25. The molecule has 0 radical (unpaired) electrons. The van der Waals surface area contributed by atoms with Crippen LogP contribution in [0.15, 0.2) is 23.6 Å². The molecule has 1 fully saturated rings. The summed E-state index contributed by atoms with van der Waals surface area (Å²) in [6.07, 6.45) is 3.31. The second-order valence-electron chi connectivity index (χ2n) is 6.53. The van der Waals surface area contributed by atoms with Crippen molar-refractivity contribution in [2.75, 3.05) is 5.32 Å². The third kappa shape index (κ3) is 3.17. The quantitative estimate of drug-likeness (QED) is 0.665. The summed E-state index contributed by atoms with van der Waals surface area (Å²) in [7, 11) is 0. The zero-order chi connectivity index (χ0) is 17.4. The van der Waals surface area contributed by atoms with Gasteiger partial charge in [-0.05, 0) is 56.2 Å². The highest BCUT2D eigenvalue weighted by molar-refractivity contribution is 7.17. The molecule has 3 aromatic rings. The average Bonchev–Trinajstić information content (AvgIpc) is 3.06. The normalized spacial score (nSPS) is 20.7. The molecule has 2 heterocycles. The molecule has 1 saturated carbocycles. The third-order valence-electron chi connectivity index (χ3n) is 4.70. The summed E-state index contributed by atoms with van der Waals surface area (Å²) in [4.78, 5) is 4.50. The van der Waals surface area contributed by atoms with Gasteiger partial charge in [-0.3, -0.25) is 0 Å². The Bertz CT molecular complexity index is 911. The minimum absolute atomic E-state index is 0.173. The molecule has 1 aliphatic carbocycles. The molecule has 25 heavy (non-hydrogen) atoms. The first-order valence-electron chi connectivity index (χ1n) is 8.47. The fourth-order valence-electron chi connectivity index (χ4n) is 3.41. The highest BCUT2D eigenvalue weighted by Crippen LogP contribution is 2.37. The molecular formula is C18H20N4O2S. The lowest BCUT2D eigenvalue weighted by molar-refractivity contribution is 0.124. The largest absolute Gasteiger partial charge is 0.507 e. The Morgan fingerprint density at radius 3 is 2.88 bits per heavy atom. The van der Waals surface area contributed by atoms with Crippen molar-refractivity contribution in [1.29, 1.82) is 0 Å². The maximum Gasteiger partial charge on any atom is 0.243 e. The molecule has 130 valence electrons. The van der Waals surface area contributed by atoms with Crippen LogP contribution in [0, 0.1) is 6.92 Å². The summed E-state index contributed by atoms with van der Waals surface area (Å²) >= 11 is 1.59. The summed E-state index contributed by atoms with van der Waals surface area (Å²) < 4.78 is 1.04. The van der Waals surface area contributed by atoms with Gasteiger partial charge in [0.2, 0.25) is 5.95 Å². The van der Waals surface area contributed by atoms with Gasteiger partial charge in [-0.15, -0.1) is 21.5 Å². The van der Waals surface area contributed by atoms with E-state index in [-0.39, 0.29) is 17.9 Å². The molecule has 1 aliphatic rings. The summed E-state index contributed by atoms with van der Waals surface area (Å²) in [6, 6.07) is 5.91. The van der Waals surface area contributed by atoms with Crippen LogP contribution in [0.5, 0.6) is 5.75 Å². The van der Waals surface area contributed by atoms with E-state index in [2.05, 4.69) is 20.5 Å². The Morgan fingerprint density at radius 2 is 2.08 bits per heavy atom. The van der Waals surface area contributed by atoms with E-state index in [1.165, 1.54) is 0 Å². The predicted molar refractivity (Wildman–Crippen MR) is 98.9 cm³/mol. The maximum atomic E-state index is 10.5. The lowest BCUT2D eigenvalue weighted by atomic mass is 9.93. The van der Waals surface area contributed by atoms with Crippen LogP contribution in [0.2, 0.25) is 0 Å². The second-order valence-corrected chi connectivity index (χ2v) is 7.47. The molecule has 0 saturated heterocycles. The van der Waals surface area contributed by atoms with E-state index in [1.807, 2.05) is 30.5 Å². The molecule has 0 amide bonds. The third-order valence-corrected chi connectivity index (χ3v) is 5.58. The molecule has 0 aliphatic heterocycles. The van der Waals surface area contributed by atoms with Gasteiger partial charge in [-0.2, -0.15) is 0 Å². The summed E-state index contributed by atoms with van der Waals surface area (Å²) in [5.74, 6) is 0.686. The predicted octanol–water partition coefficient (Wildman–Crippen LogP) is 3.48. The Morgan fingerprint density at radius 1 is 1.20 bits per heavy atom. The molecule has 4 rings (SSSR count). The van der Waals surface area contributed by atoms with Gasteiger partial charge in [0.25, 0.3) is 0 Å². The SMILES string of the molecule is Cc1nc(N[C@@H]2CCC[C@H](O)C2)nnc1-c1ccc2sccc2c1O. The standard InChI is InChI=1S/C18H20N4O2S/c1-10-16(14-5-6-15-13(17(14)24)7-8-25-15)21-22-18(19-10)20-11-3-2-4-12(23)9-11/h5-8,11-12,23-24H,2-4,9H2,1H3,(H,19,20,22)/t11-,12+/m1/s1. The van der Waals surface area contributed by atoms with Crippen molar-refractivity contribution in [3.63, 3.8) is 0 Å². The number of anilines is 1. The first-order valence-corrected chi connectivity index (χ1v) is 9.35. The lowest BCUT2D eigenvalue weighted by Gasteiger charge is -2.26. The van der Waals surface area contributed by atoms with Crippen molar-refractivity contribution in [1.82, 2.24) is 15.2 Å². The topological polar surface area (TPSA) is 91.2 Å². The van der Waals surface area contributed by atoms with Gasteiger partial charge in [-0.1, -0.05) is 0 Å². The number of phenolic OH excluding ortho intramolecular Hbond substituents is 1. The number of hydrogen-bond acceptors (Lipinski definition) is 7. The van der Waals surface area contributed by atoms with E-state index in [0.29, 0.717) is 29.3 Å². The lowest BCUT2D eigenvalue weighted by Crippen LogP contribution is -2.30. The molecular weight excluding hydrogens is 336 g/mol. The maximum absolute atomic E-state index is 10.5. The number of thiophene rings is 1. The Balaban J connectivity index is 1.61. The van der Waals surface area contributed by atoms with Crippen LogP contribution < -0.4 is 5.32 Å². The summed E-state index contributed by atoms with van der Waals surface area (Å²) in [5, 5.41) is 34.8. The Labute approximate surface area is 149 Å². The molecule has 7 heteroatoms. The van der Waals surface area contributed by atoms with Crippen LogP contribution in [0.4, 0.5) is 5.95 Å². The molecule has 0 spiro atoms. The first-order chi connectivity index (χ1) is 12.1. The molecule has 3 N–H and O–H groups in total. The molecule has 2 atom stereocenters. The van der Waals surface area contributed by atoms with Crippen LogP contribution in [0.3, 0.4) is 0 Å². The average molecular weight is 356 g/mol. The number of phenols is 1. The van der Waals surface area contributed by atoms with Crippen LogP contribution >= 0.6 is 11.3 Å². The number of nitrogens with one attached hydrogen (secondary N) is 1. The monoisotopic (exact) mass is 356 g/mol. The van der Waals surface area contributed by atoms with Crippen molar-refractivity contribution in [3.8, 4) is 17.0 Å². The number of aliphatic hydroxyl groups is 1. The second kappa shape index (κ2) is 6.57. The number of benzene rings is 1. The van der Waals surface area contributed by atoms with Crippen molar-refractivity contribution in [3.05, 3.63) is 29.3 Å². The van der Waals surface area contributed by atoms with E-state index < -0.39 is 0 Å².